The van der Waals surface area contributed by atoms with E-state index in [1.54, 1.807) is 37.7 Å². The summed E-state index contributed by atoms with van der Waals surface area (Å²) >= 11 is 1.59. The van der Waals surface area contributed by atoms with Crippen molar-refractivity contribution in [3.63, 3.8) is 0 Å². The van der Waals surface area contributed by atoms with Gasteiger partial charge in [0.2, 0.25) is 0 Å². The molecule has 1 rings (SSSR count). The summed E-state index contributed by atoms with van der Waals surface area (Å²) in [5.41, 5.74) is -0.555. The number of benzene rings is 1. The number of rotatable bonds is 5. The Bertz CT molecular complexity index is 356. The highest BCUT2D eigenvalue weighted by Gasteiger charge is 2.12. The summed E-state index contributed by atoms with van der Waals surface area (Å²) in [7, 11) is 0. The summed E-state index contributed by atoms with van der Waals surface area (Å²) in [4.78, 5) is 11.0. The summed E-state index contributed by atoms with van der Waals surface area (Å²) in [5, 5.41) is 19.9. The minimum atomic E-state index is -0.659. The van der Waals surface area contributed by atoms with E-state index in [-0.39, 0.29) is 5.69 Å². The van der Waals surface area contributed by atoms with Gasteiger partial charge in [0.15, 0.2) is 0 Å². The summed E-state index contributed by atoms with van der Waals surface area (Å²) in [6, 6.07) is 6.44. The van der Waals surface area contributed by atoms with Crippen LogP contribution in [0.1, 0.15) is 20.3 Å². The number of nitrogens with zero attached hydrogens (tertiary/aromatic N) is 1. The Labute approximate surface area is 98.8 Å². The van der Waals surface area contributed by atoms with Crippen molar-refractivity contribution < 1.29 is 10.0 Å². The molecule has 0 fully saturated rings. The Morgan fingerprint density at radius 2 is 1.94 bits per heavy atom. The molecule has 0 amide bonds. The molecule has 1 N–H and O–H groups in total. The Hall–Kier alpha value is -1.07. The second-order valence-electron chi connectivity index (χ2n) is 4.16. The molecule has 5 heteroatoms. The van der Waals surface area contributed by atoms with Gasteiger partial charge in [-0.05, 0) is 32.4 Å². The fraction of sp³-hybridized carbons (Fsp3) is 0.455. The molecule has 0 spiro atoms. The van der Waals surface area contributed by atoms with Crippen LogP contribution < -0.4 is 0 Å². The standard InChI is InChI=1S/C11H15NO3S/c1-11(2,13)7-8-16-10-5-3-9(4-6-10)12(14)15/h3-6,13H,7-8H2,1-2H3. The number of thioether (sulfide) groups is 1. The molecule has 0 heterocycles. The van der Waals surface area contributed by atoms with Crippen molar-refractivity contribution in [2.45, 2.75) is 30.8 Å². The van der Waals surface area contributed by atoms with Gasteiger partial charge in [0.05, 0.1) is 10.5 Å². The lowest BCUT2D eigenvalue weighted by molar-refractivity contribution is -0.384. The number of non-ortho nitro benzene ring substituents is 1. The average Bonchev–Trinajstić information content (AvgIpc) is 2.16. The minimum Gasteiger partial charge on any atom is -0.390 e. The quantitative estimate of drug-likeness (QED) is 0.489. The summed E-state index contributed by atoms with van der Waals surface area (Å²) < 4.78 is 0. The summed E-state index contributed by atoms with van der Waals surface area (Å²) in [5.74, 6) is 0.793. The molecule has 4 nitrogen and oxygen atoms in total. The Balaban J connectivity index is 2.47. The molecule has 0 unspecified atom stereocenters. The fourth-order valence-electron chi connectivity index (χ4n) is 1.08. The van der Waals surface area contributed by atoms with E-state index < -0.39 is 10.5 Å². The van der Waals surface area contributed by atoms with Crippen molar-refractivity contribution in [3.8, 4) is 0 Å². The second kappa shape index (κ2) is 5.32. The first kappa shape index (κ1) is 13.0. The van der Waals surface area contributed by atoms with Crippen LogP contribution in [0.2, 0.25) is 0 Å². The topological polar surface area (TPSA) is 63.4 Å². The van der Waals surface area contributed by atoms with Crippen molar-refractivity contribution in [2.75, 3.05) is 5.75 Å². The van der Waals surface area contributed by atoms with E-state index in [0.29, 0.717) is 6.42 Å². The molecule has 88 valence electrons. The van der Waals surface area contributed by atoms with E-state index in [2.05, 4.69) is 0 Å². The van der Waals surface area contributed by atoms with Crippen molar-refractivity contribution in [3.05, 3.63) is 34.4 Å². The third-order valence-electron chi connectivity index (χ3n) is 2.03. The lowest BCUT2D eigenvalue weighted by atomic mass is 10.1. The maximum Gasteiger partial charge on any atom is 0.269 e. The maximum atomic E-state index is 10.4. The van der Waals surface area contributed by atoms with Crippen LogP contribution in [0, 0.1) is 10.1 Å². The molecule has 0 aliphatic rings. The molecule has 0 atom stereocenters. The van der Waals surface area contributed by atoms with Crippen molar-refractivity contribution in [1.82, 2.24) is 0 Å². The highest BCUT2D eigenvalue weighted by atomic mass is 32.2. The van der Waals surface area contributed by atoms with Crippen LogP contribution in [0.4, 0.5) is 5.69 Å². The Morgan fingerprint density at radius 1 is 1.38 bits per heavy atom. The lowest BCUT2D eigenvalue weighted by Crippen LogP contribution is -2.18. The molecule has 0 aliphatic carbocycles. The average molecular weight is 241 g/mol. The van der Waals surface area contributed by atoms with Crippen LogP contribution in [-0.2, 0) is 0 Å². The summed E-state index contributed by atoms with van der Waals surface area (Å²) in [6.07, 6.45) is 0.689. The van der Waals surface area contributed by atoms with Gasteiger partial charge in [-0.3, -0.25) is 10.1 Å². The van der Waals surface area contributed by atoms with Gasteiger partial charge in [0, 0.05) is 22.8 Å². The van der Waals surface area contributed by atoms with E-state index in [0.717, 1.165) is 10.6 Å². The third kappa shape index (κ3) is 4.63. The molecule has 0 saturated carbocycles. The van der Waals surface area contributed by atoms with Gasteiger partial charge in [0.1, 0.15) is 0 Å². The number of nitro groups is 1. The molecule has 0 radical (unpaired) electrons. The molecule has 0 saturated heterocycles. The fourth-order valence-corrected chi connectivity index (χ4v) is 2.25. The van der Waals surface area contributed by atoms with Crippen LogP contribution in [0.5, 0.6) is 0 Å². The number of hydrogen-bond donors (Lipinski definition) is 1. The van der Waals surface area contributed by atoms with Crippen LogP contribution in [0.15, 0.2) is 29.2 Å². The molecule has 0 aromatic heterocycles. The van der Waals surface area contributed by atoms with E-state index in [4.69, 9.17) is 0 Å². The van der Waals surface area contributed by atoms with Gasteiger partial charge < -0.3 is 5.11 Å². The van der Waals surface area contributed by atoms with Crippen LogP contribution >= 0.6 is 11.8 Å². The number of aliphatic hydroxyl groups is 1. The minimum absolute atomic E-state index is 0.104. The first-order valence-corrected chi connectivity index (χ1v) is 5.97. The van der Waals surface area contributed by atoms with Gasteiger partial charge in [-0.1, -0.05) is 0 Å². The zero-order valence-electron chi connectivity index (χ0n) is 9.34. The van der Waals surface area contributed by atoms with Crippen molar-refractivity contribution >= 4 is 17.4 Å². The van der Waals surface area contributed by atoms with Gasteiger partial charge >= 0.3 is 0 Å². The zero-order chi connectivity index (χ0) is 12.2. The predicted octanol–water partition coefficient (Wildman–Crippen LogP) is 2.85. The van der Waals surface area contributed by atoms with Gasteiger partial charge in [-0.2, -0.15) is 0 Å². The Morgan fingerprint density at radius 3 is 2.38 bits per heavy atom. The van der Waals surface area contributed by atoms with E-state index >= 15 is 0 Å². The van der Waals surface area contributed by atoms with Gasteiger partial charge in [-0.15, -0.1) is 11.8 Å². The van der Waals surface area contributed by atoms with E-state index in [9.17, 15) is 15.2 Å². The lowest BCUT2D eigenvalue weighted by Gasteiger charge is -2.15. The number of hydrogen-bond acceptors (Lipinski definition) is 4. The molecular weight excluding hydrogens is 226 g/mol. The summed E-state index contributed by atoms with van der Waals surface area (Å²) in [6.45, 7) is 3.53. The van der Waals surface area contributed by atoms with Crippen molar-refractivity contribution in [1.29, 1.82) is 0 Å². The molecule has 0 aliphatic heterocycles. The smallest absolute Gasteiger partial charge is 0.269 e. The molecule has 1 aromatic rings. The van der Waals surface area contributed by atoms with Crippen LogP contribution in [-0.4, -0.2) is 21.4 Å². The van der Waals surface area contributed by atoms with E-state index in [1.165, 1.54) is 12.1 Å². The first-order chi connectivity index (χ1) is 7.38. The van der Waals surface area contributed by atoms with Crippen LogP contribution in [0.25, 0.3) is 0 Å². The maximum absolute atomic E-state index is 10.4. The molecule has 1 aromatic carbocycles. The predicted molar refractivity (Wildman–Crippen MR) is 64.7 cm³/mol. The van der Waals surface area contributed by atoms with E-state index in [1.807, 2.05) is 0 Å². The first-order valence-electron chi connectivity index (χ1n) is 4.98. The second-order valence-corrected chi connectivity index (χ2v) is 5.33. The molecular formula is C11H15NO3S. The highest BCUT2D eigenvalue weighted by Crippen LogP contribution is 2.23. The highest BCUT2D eigenvalue weighted by molar-refractivity contribution is 7.99. The van der Waals surface area contributed by atoms with Crippen molar-refractivity contribution in [2.24, 2.45) is 0 Å². The zero-order valence-corrected chi connectivity index (χ0v) is 10.2. The van der Waals surface area contributed by atoms with Gasteiger partial charge in [-0.25, -0.2) is 0 Å². The number of nitro benzene ring substituents is 1. The Kier molecular flexibility index (Phi) is 4.32. The third-order valence-corrected chi connectivity index (χ3v) is 3.04. The molecule has 16 heavy (non-hydrogen) atoms. The monoisotopic (exact) mass is 241 g/mol. The largest absolute Gasteiger partial charge is 0.390 e. The SMILES string of the molecule is CC(C)(O)CCSc1ccc([N+](=O)[O-])cc1. The van der Waals surface area contributed by atoms with Gasteiger partial charge in [0.25, 0.3) is 5.69 Å². The normalized spacial score (nSPS) is 11.4. The van der Waals surface area contributed by atoms with Crippen LogP contribution in [0.3, 0.4) is 0 Å². The molecule has 0 bridgehead atoms.